The third kappa shape index (κ3) is 5.78. The van der Waals surface area contributed by atoms with Gasteiger partial charge in [0, 0.05) is 24.8 Å². The average Bonchev–Trinajstić information content (AvgIpc) is 2.49. The number of benzene rings is 2. The van der Waals surface area contributed by atoms with Crippen LogP contribution in [-0.2, 0) is 11.2 Å². The average molecular weight is 315 g/mol. The molecule has 0 heterocycles. The van der Waals surface area contributed by atoms with E-state index < -0.39 is 0 Å². The van der Waals surface area contributed by atoms with Crippen molar-refractivity contribution in [2.24, 2.45) is 0 Å². The summed E-state index contributed by atoms with van der Waals surface area (Å²) in [6, 6.07) is 12.7. The van der Waals surface area contributed by atoms with Gasteiger partial charge in [-0.05, 0) is 48.4 Å². The van der Waals surface area contributed by atoms with Crippen molar-refractivity contribution in [3.63, 3.8) is 0 Å². The fraction of sp³-hybridized carbons (Fsp3) is 0.176. The standard InChI is InChI=1S/C17H18FN3O2/c1-12(22)20-15-5-7-16(8-6-15)21-17(23)19-10-9-13-3-2-4-14(18)11-13/h2-8,11H,9-10H2,1H3,(H,20,22)(H2,19,21,23). The second kappa shape index (κ2) is 7.93. The summed E-state index contributed by atoms with van der Waals surface area (Å²) in [6.45, 7) is 1.83. The Morgan fingerprint density at radius 1 is 1.00 bits per heavy atom. The van der Waals surface area contributed by atoms with Gasteiger partial charge in [0.1, 0.15) is 5.82 Å². The summed E-state index contributed by atoms with van der Waals surface area (Å²) < 4.78 is 13.0. The lowest BCUT2D eigenvalue weighted by molar-refractivity contribution is -0.114. The van der Waals surface area contributed by atoms with E-state index in [4.69, 9.17) is 0 Å². The zero-order chi connectivity index (χ0) is 16.7. The van der Waals surface area contributed by atoms with Gasteiger partial charge in [-0.3, -0.25) is 4.79 Å². The number of rotatable bonds is 5. The predicted octanol–water partition coefficient (Wildman–Crippen LogP) is 3.15. The molecular formula is C17H18FN3O2. The highest BCUT2D eigenvalue weighted by Crippen LogP contribution is 2.13. The van der Waals surface area contributed by atoms with Gasteiger partial charge in [-0.1, -0.05) is 12.1 Å². The first-order valence-corrected chi connectivity index (χ1v) is 7.20. The molecule has 0 saturated carbocycles. The first-order chi connectivity index (χ1) is 11.0. The number of amides is 3. The highest BCUT2D eigenvalue weighted by Gasteiger charge is 2.02. The van der Waals surface area contributed by atoms with Gasteiger partial charge in [-0.2, -0.15) is 0 Å². The smallest absolute Gasteiger partial charge is 0.319 e. The molecule has 0 aliphatic heterocycles. The van der Waals surface area contributed by atoms with E-state index in [0.717, 1.165) is 5.56 Å². The van der Waals surface area contributed by atoms with Crippen LogP contribution >= 0.6 is 0 Å². The number of halogens is 1. The van der Waals surface area contributed by atoms with E-state index in [1.807, 2.05) is 6.07 Å². The lowest BCUT2D eigenvalue weighted by Crippen LogP contribution is -2.30. The largest absolute Gasteiger partial charge is 0.338 e. The molecular weight excluding hydrogens is 297 g/mol. The lowest BCUT2D eigenvalue weighted by atomic mass is 10.1. The minimum absolute atomic E-state index is 0.152. The molecule has 0 spiro atoms. The van der Waals surface area contributed by atoms with Gasteiger partial charge in [0.2, 0.25) is 5.91 Å². The first kappa shape index (κ1) is 16.5. The van der Waals surface area contributed by atoms with E-state index in [1.165, 1.54) is 19.1 Å². The maximum Gasteiger partial charge on any atom is 0.319 e. The van der Waals surface area contributed by atoms with Gasteiger partial charge in [0.25, 0.3) is 0 Å². The lowest BCUT2D eigenvalue weighted by Gasteiger charge is -2.09. The molecule has 2 rings (SSSR count). The van der Waals surface area contributed by atoms with E-state index in [9.17, 15) is 14.0 Å². The molecule has 0 aliphatic carbocycles. The molecule has 0 aliphatic rings. The fourth-order valence-electron chi connectivity index (χ4n) is 2.03. The third-order valence-electron chi connectivity index (χ3n) is 3.05. The maximum absolute atomic E-state index is 13.0. The molecule has 23 heavy (non-hydrogen) atoms. The van der Waals surface area contributed by atoms with Gasteiger partial charge in [-0.15, -0.1) is 0 Å². The van der Waals surface area contributed by atoms with Crippen LogP contribution in [-0.4, -0.2) is 18.5 Å². The van der Waals surface area contributed by atoms with Crippen LogP contribution in [0.1, 0.15) is 12.5 Å². The van der Waals surface area contributed by atoms with Crippen molar-refractivity contribution in [3.05, 3.63) is 59.9 Å². The quantitative estimate of drug-likeness (QED) is 0.793. The summed E-state index contributed by atoms with van der Waals surface area (Å²) in [5.41, 5.74) is 2.10. The number of hydrogen-bond donors (Lipinski definition) is 3. The third-order valence-corrected chi connectivity index (χ3v) is 3.05. The zero-order valence-electron chi connectivity index (χ0n) is 12.7. The Labute approximate surface area is 133 Å². The molecule has 0 atom stereocenters. The van der Waals surface area contributed by atoms with Crippen LogP contribution in [0.3, 0.4) is 0 Å². The molecule has 0 saturated heterocycles. The van der Waals surface area contributed by atoms with Crippen LogP contribution < -0.4 is 16.0 Å². The van der Waals surface area contributed by atoms with Crippen molar-refractivity contribution in [2.75, 3.05) is 17.2 Å². The minimum atomic E-state index is -0.339. The van der Waals surface area contributed by atoms with Crippen molar-refractivity contribution < 1.29 is 14.0 Å². The SMILES string of the molecule is CC(=O)Nc1ccc(NC(=O)NCCc2cccc(F)c2)cc1. The normalized spacial score (nSPS) is 10.0. The van der Waals surface area contributed by atoms with E-state index >= 15 is 0 Å². The molecule has 0 fully saturated rings. The van der Waals surface area contributed by atoms with Crippen LogP contribution in [0.25, 0.3) is 0 Å². The van der Waals surface area contributed by atoms with Gasteiger partial charge < -0.3 is 16.0 Å². The summed E-state index contributed by atoms with van der Waals surface area (Å²) >= 11 is 0. The Morgan fingerprint density at radius 2 is 1.65 bits per heavy atom. The molecule has 0 bridgehead atoms. The monoisotopic (exact) mass is 315 g/mol. The fourth-order valence-corrected chi connectivity index (χ4v) is 2.03. The molecule has 3 N–H and O–H groups in total. The van der Waals surface area contributed by atoms with Gasteiger partial charge in [0.05, 0.1) is 0 Å². The van der Waals surface area contributed by atoms with Crippen molar-refractivity contribution in [2.45, 2.75) is 13.3 Å². The summed E-state index contributed by atoms with van der Waals surface area (Å²) in [4.78, 5) is 22.7. The Morgan fingerprint density at radius 3 is 2.26 bits per heavy atom. The maximum atomic E-state index is 13.0. The van der Waals surface area contributed by atoms with Crippen molar-refractivity contribution >= 4 is 23.3 Å². The van der Waals surface area contributed by atoms with E-state index in [-0.39, 0.29) is 17.8 Å². The van der Waals surface area contributed by atoms with Crippen LogP contribution in [0.5, 0.6) is 0 Å². The molecule has 3 amide bonds. The van der Waals surface area contributed by atoms with Crippen LogP contribution in [0.4, 0.5) is 20.6 Å². The van der Waals surface area contributed by atoms with E-state index in [0.29, 0.717) is 24.3 Å². The number of anilines is 2. The van der Waals surface area contributed by atoms with Gasteiger partial charge in [-0.25, -0.2) is 9.18 Å². The molecule has 5 nitrogen and oxygen atoms in total. The van der Waals surface area contributed by atoms with Crippen LogP contribution in [0, 0.1) is 5.82 Å². The highest BCUT2D eigenvalue weighted by atomic mass is 19.1. The molecule has 6 heteroatoms. The summed E-state index contributed by atoms with van der Waals surface area (Å²) in [5, 5.41) is 8.03. The Kier molecular flexibility index (Phi) is 5.68. The summed E-state index contributed by atoms with van der Waals surface area (Å²) in [7, 11) is 0. The zero-order valence-corrected chi connectivity index (χ0v) is 12.7. The Hall–Kier alpha value is -2.89. The Bertz CT molecular complexity index is 686. The number of urea groups is 1. The molecule has 120 valence electrons. The molecule has 0 radical (unpaired) electrons. The van der Waals surface area contributed by atoms with Gasteiger partial charge in [0.15, 0.2) is 0 Å². The van der Waals surface area contributed by atoms with E-state index in [2.05, 4.69) is 16.0 Å². The highest BCUT2D eigenvalue weighted by molar-refractivity contribution is 5.91. The number of carbonyl (C=O) groups is 2. The van der Waals surface area contributed by atoms with Crippen molar-refractivity contribution in [3.8, 4) is 0 Å². The van der Waals surface area contributed by atoms with Crippen molar-refractivity contribution in [1.29, 1.82) is 0 Å². The number of carbonyl (C=O) groups excluding carboxylic acids is 2. The minimum Gasteiger partial charge on any atom is -0.338 e. The molecule has 0 aromatic heterocycles. The molecule has 2 aromatic rings. The Balaban J connectivity index is 1.77. The topological polar surface area (TPSA) is 70.2 Å². The molecule has 0 unspecified atom stereocenters. The second-order valence-electron chi connectivity index (χ2n) is 5.02. The van der Waals surface area contributed by atoms with Crippen LogP contribution in [0.2, 0.25) is 0 Å². The molecule has 2 aromatic carbocycles. The van der Waals surface area contributed by atoms with E-state index in [1.54, 1.807) is 30.3 Å². The van der Waals surface area contributed by atoms with Gasteiger partial charge >= 0.3 is 6.03 Å². The second-order valence-corrected chi connectivity index (χ2v) is 5.02. The number of nitrogens with one attached hydrogen (secondary N) is 3. The van der Waals surface area contributed by atoms with Crippen molar-refractivity contribution in [1.82, 2.24) is 5.32 Å². The first-order valence-electron chi connectivity index (χ1n) is 7.20. The predicted molar refractivity (Wildman–Crippen MR) is 87.9 cm³/mol. The number of hydrogen-bond acceptors (Lipinski definition) is 2. The summed E-state index contributed by atoms with van der Waals surface area (Å²) in [5.74, 6) is -0.438. The summed E-state index contributed by atoms with van der Waals surface area (Å²) in [6.07, 6.45) is 0.548. The van der Waals surface area contributed by atoms with Crippen LogP contribution in [0.15, 0.2) is 48.5 Å².